The lowest BCUT2D eigenvalue weighted by atomic mass is 9.95. The van der Waals surface area contributed by atoms with Crippen molar-refractivity contribution in [3.63, 3.8) is 0 Å². The van der Waals surface area contributed by atoms with E-state index >= 15 is 0 Å². The predicted octanol–water partition coefficient (Wildman–Crippen LogP) is 2.31. The van der Waals surface area contributed by atoms with E-state index in [9.17, 15) is 9.59 Å². The molecule has 29 heavy (non-hydrogen) atoms. The van der Waals surface area contributed by atoms with Gasteiger partial charge < -0.3 is 14.8 Å². The zero-order chi connectivity index (χ0) is 20.2. The molecule has 1 N–H and O–H groups in total. The number of Topliss-reactive ketones (excluding diaryl/α,β-unsaturated/α-hetero) is 1. The summed E-state index contributed by atoms with van der Waals surface area (Å²) in [6.45, 7) is 6.18. The number of aryl methyl sites for hydroxylation is 1. The van der Waals surface area contributed by atoms with Crippen LogP contribution in [-0.4, -0.2) is 51.0 Å². The van der Waals surface area contributed by atoms with E-state index in [0.29, 0.717) is 11.5 Å². The molecule has 3 heterocycles. The second-order valence-electron chi connectivity index (χ2n) is 7.93. The molecule has 2 aliphatic rings. The Morgan fingerprint density at radius 1 is 1.07 bits per heavy atom. The van der Waals surface area contributed by atoms with Crippen LogP contribution in [0.5, 0.6) is 0 Å². The predicted molar refractivity (Wildman–Crippen MR) is 110 cm³/mol. The van der Waals surface area contributed by atoms with Crippen LogP contribution in [0.25, 0.3) is 0 Å². The molecular formula is C22H29N5O2. The molecule has 0 atom stereocenters. The summed E-state index contributed by atoms with van der Waals surface area (Å²) in [5.41, 5.74) is 1.91. The van der Waals surface area contributed by atoms with Crippen LogP contribution in [-0.2, 0) is 24.3 Å². The molecule has 1 saturated heterocycles. The van der Waals surface area contributed by atoms with Crippen molar-refractivity contribution in [1.82, 2.24) is 25.0 Å². The molecular weight excluding hydrogens is 366 g/mol. The maximum Gasteiger partial charge on any atom is 0.223 e. The van der Waals surface area contributed by atoms with E-state index in [2.05, 4.69) is 27.0 Å². The summed E-state index contributed by atoms with van der Waals surface area (Å²) in [7, 11) is 0. The third-order valence-corrected chi connectivity index (χ3v) is 6.11. The first kappa shape index (κ1) is 19.8. The molecule has 0 unspecified atom stereocenters. The molecule has 7 heteroatoms. The maximum absolute atomic E-state index is 12.6. The fourth-order valence-electron chi connectivity index (χ4n) is 4.25. The summed E-state index contributed by atoms with van der Waals surface area (Å²) < 4.78 is 2.24. The first-order valence-corrected chi connectivity index (χ1v) is 10.7. The molecule has 1 fully saturated rings. The highest BCUT2D eigenvalue weighted by Crippen LogP contribution is 2.28. The first-order valence-electron chi connectivity index (χ1n) is 10.7. The minimum atomic E-state index is 0.0413. The molecule has 0 spiro atoms. The van der Waals surface area contributed by atoms with Gasteiger partial charge >= 0.3 is 0 Å². The number of carbonyl (C=O) groups is 2. The highest BCUT2D eigenvalue weighted by atomic mass is 16.2. The molecule has 0 saturated carbocycles. The fourth-order valence-corrected chi connectivity index (χ4v) is 4.25. The van der Waals surface area contributed by atoms with Crippen LogP contribution in [0.1, 0.15) is 66.1 Å². The zero-order valence-corrected chi connectivity index (χ0v) is 17.1. The van der Waals surface area contributed by atoms with Crippen LogP contribution in [0.15, 0.2) is 24.3 Å². The third-order valence-electron chi connectivity index (χ3n) is 6.11. The average Bonchev–Trinajstić information content (AvgIpc) is 3.21. The van der Waals surface area contributed by atoms with E-state index < -0.39 is 0 Å². The Bertz CT molecular complexity index is 866. The van der Waals surface area contributed by atoms with Crippen molar-refractivity contribution in [2.75, 3.05) is 19.6 Å². The molecule has 7 nitrogen and oxygen atoms in total. The van der Waals surface area contributed by atoms with Gasteiger partial charge in [-0.2, -0.15) is 0 Å². The van der Waals surface area contributed by atoms with Gasteiger partial charge in [0.2, 0.25) is 5.91 Å². The Morgan fingerprint density at radius 2 is 1.83 bits per heavy atom. The van der Waals surface area contributed by atoms with Crippen LogP contribution in [0.2, 0.25) is 0 Å². The monoisotopic (exact) mass is 395 g/mol. The molecule has 1 aromatic heterocycles. The molecule has 1 aromatic carbocycles. The highest BCUT2D eigenvalue weighted by Gasteiger charge is 2.28. The molecule has 2 aliphatic heterocycles. The maximum atomic E-state index is 12.6. The van der Waals surface area contributed by atoms with Gasteiger partial charge in [0.1, 0.15) is 11.6 Å². The Kier molecular flexibility index (Phi) is 6.04. The summed E-state index contributed by atoms with van der Waals surface area (Å²) in [5, 5.41) is 12.0. The van der Waals surface area contributed by atoms with E-state index in [-0.39, 0.29) is 24.5 Å². The van der Waals surface area contributed by atoms with Crippen molar-refractivity contribution in [3.05, 3.63) is 47.0 Å². The van der Waals surface area contributed by atoms with Crippen molar-refractivity contribution in [1.29, 1.82) is 0 Å². The number of nitrogens with one attached hydrogen (secondary N) is 1. The number of amides is 1. The Balaban J connectivity index is 1.26. The number of ketones is 1. The smallest absolute Gasteiger partial charge is 0.223 e. The van der Waals surface area contributed by atoms with Gasteiger partial charge in [-0.05, 0) is 24.8 Å². The van der Waals surface area contributed by atoms with E-state index in [1.165, 1.54) is 5.56 Å². The summed E-state index contributed by atoms with van der Waals surface area (Å²) in [5.74, 6) is 2.56. The van der Waals surface area contributed by atoms with Gasteiger partial charge in [-0.3, -0.25) is 9.59 Å². The Labute approximate surface area is 171 Å². The van der Waals surface area contributed by atoms with Crippen LogP contribution >= 0.6 is 0 Å². The molecule has 0 aliphatic carbocycles. The number of carbonyl (C=O) groups excluding carboxylic acids is 2. The SMILES string of the molecule is CCc1ccc(C(=O)CCC(=O)N2CCC(c3nnc4n3CCNC4)CC2)cc1. The number of benzene rings is 1. The second-order valence-corrected chi connectivity index (χ2v) is 7.93. The summed E-state index contributed by atoms with van der Waals surface area (Å²) in [6, 6.07) is 7.70. The van der Waals surface area contributed by atoms with Gasteiger partial charge in [-0.15, -0.1) is 10.2 Å². The Hall–Kier alpha value is -2.54. The van der Waals surface area contributed by atoms with Crippen molar-refractivity contribution < 1.29 is 9.59 Å². The van der Waals surface area contributed by atoms with Crippen molar-refractivity contribution in [3.8, 4) is 0 Å². The zero-order valence-electron chi connectivity index (χ0n) is 17.1. The first-order chi connectivity index (χ1) is 14.2. The van der Waals surface area contributed by atoms with E-state index in [4.69, 9.17) is 0 Å². The lowest BCUT2D eigenvalue weighted by Crippen LogP contribution is -2.39. The third kappa shape index (κ3) is 4.40. The summed E-state index contributed by atoms with van der Waals surface area (Å²) >= 11 is 0. The lowest BCUT2D eigenvalue weighted by Gasteiger charge is -2.32. The fraction of sp³-hybridized carbons (Fsp3) is 0.545. The number of hydrogen-bond donors (Lipinski definition) is 1. The van der Waals surface area contributed by atoms with Gasteiger partial charge in [0.05, 0.1) is 6.54 Å². The Morgan fingerprint density at radius 3 is 2.55 bits per heavy atom. The number of nitrogens with zero attached hydrogens (tertiary/aromatic N) is 4. The van der Waals surface area contributed by atoms with E-state index in [0.717, 1.165) is 63.6 Å². The second kappa shape index (κ2) is 8.86. The van der Waals surface area contributed by atoms with Gasteiger partial charge in [0.15, 0.2) is 5.78 Å². The lowest BCUT2D eigenvalue weighted by molar-refractivity contribution is -0.132. The van der Waals surface area contributed by atoms with Gasteiger partial charge in [-0.1, -0.05) is 31.2 Å². The number of likely N-dealkylation sites (tertiary alicyclic amines) is 1. The molecule has 154 valence electrons. The minimum absolute atomic E-state index is 0.0413. The number of hydrogen-bond acceptors (Lipinski definition) is 5. The van der Waals surface area contributed by atoms with Crippen molar-refractivity contribution in [2.45, 2.75) is 58.0 Å². The standard InChI is InChI=1S/C22H29N5O2/c1-2-16-3-5-17(6-4-16)19(28)7-8-21(29)26-12-9-18(10-13-26)22-25-24-20-15-23-11-14-27(20)22/h3-6,18,23H,2,7-15H2,1H3. The largest absolute Gasteiger partial charge is 0.343 e. The van der Waals surface area contributed by atoms with Gasteiger partial charge in [-0.25, -0.2) is 0 Å². The molecule has 2 aromatic rings. The number of aromatic nitrogens is 3. The van der Waals surface area contributed by atoms with Gasteiger partial charge in [0, 0.05) is 50.5 Å². The molecule has 0 bridgehead atoms. The minimum Gasteiger partial charge on any atom is -0.343 e. The van der Waals surface area contributed by atoms with E-state index in [1.54, 1.807) is 0 Å². The topological polar surface area (TPSA) is 80.1 Å². The van der Waals surface area contributed by atoms with Crippen LogP contribution in [0.3, 0.4) is 0 Å². The molecule has 4 rings (SSSR count). The van der Waals surface area contributed by atoms with E-state index in [1.807, 2.05) is 29.2 Å². The molecule has 0 radical (unpaired) electrons. The van der Waals surface area contributed by atoms with Crippen LogP contribution in [0, 0.1) is 0 Å². The normalized spacial score (nSPS) is 17.2. The summed E-state index contributed by atoms with van der Waals surface area (Å²) in [6.07, 6.45) is 3.32. The number of rotatable bonds is 6. The van der Waals surface area contributed by atoms with Crippen molar-refractivity contribution in [2.24, 2.45) is 0 Å². The molecule has 1 amide bonds. The van der Waals surface area contributed by atoms with Gasteiger partial charge in [0.25, 0.3) is 0 Å². The average molecular weight is 396 g/mol. The quantitative estimate of drug-likeness (QED) is 0.760. The van der Waals surface area contributed by atoms with Crippen LogP contribution < -0.4 is 5.32 Å². The van der Waals surface area contributed by atoms with Crippen LogP contribution in [0.4, 0.5) is 0 Å². The number of piperidine rings is 1. The highest BCUT2D eigenvalue weighted by molar-refractivity contribution is 5.98. The van der Waals surface area contributed by atoms with Crippen molar-refractivity contribution >= 4 is 11.7 Å². The number of fused-ring (bicyclic) bond motifs is 1. The summed E-state index contributed by atoms with van der Waals surface area (Å²) in [4.78, 5) is 26.9.